The highest BCUT2D eigenvalue weighted by Crippen LogP contribution is 2.38. The predicted octanol–water partition coefficient (Wildman–Crippen LogP) is 3.41. The van der Waals surface area contributed by atoms with Crippen LogP contribution in [0.4, 0.5) is 5.69 Å². The van der Waals surface area contributed by atoms with E-state index in [0.717, 1.165) is 29.7 Å². The summed E-state index contributed by atoms with van der Waals surface area (Å²) in [4.78, 5) is 26.9. The number of carbonyl (C=O) groups is 2. The van der Waals surface area contributed by atoms with E-state index in [1.165, 1.54) is 7.11 Å². The summed E-state index contributed by atoms with van der Waals surface area (Å²) < 4.78 is 21.0. The molecule has 2 aromatic carbocycles. The van der Waals surface area contributed by atoms with E-state index in [1.54, 1.807) is 38.4 Å². The van der Waals surface area contributed by atoms with Gasteiger partial charge in [0.25, 0.3) is 0 Å². The zero-order valence-corrected chi connectivity index (χ0v) is 17.8. The molecule has 0 radical (unpaired) electrons. The molecular weight excluding hydrogens is 386 g/mol. The summed E-state index contributed by atoms with van der Waals surface area (Å²) >= 11 is 0. The van der Waals surface area contributed by atoms with Gasteiger partial charge in [0.05, 0.1) is 34.0 Å². The highest BCUT2D eigenvalue weighted by atomic mass is 16.5. The van der Waals surface area contributed by atoms with Crippen LogP contribution in [0.3, 0.4) is 0 Å². The largest absolute Gasteiger partial charge is 0.493 e. The van der Waals surface area contributed by atoms with E-state index in [2.05, 4.69) is 0 Å². The van der Waals surface area contributed by atoms with Gasteiger partial charge in [-0.25, -0.2) is 4.79 Å². The molecule has 0 spiro atoms. The van der Waals surface area contributed by atoms with E-state index in [4.69, 9.17) is 18.9 Å². The van der Waals surface area contributed by atoms with Crippen LogP contribution in [0.1, 0.15) is 34.3 Å². The van der Waals surface area contributed by atoms with Gasteiger partial charge in [-0.05, 0) is 54.7 Å². The summed E-state index contributed by atoms with van der Waals surface area (Å²) in [7, 11) is 6.05. The predicted molar refractivity (Wildman–Crippen MR) is 113 cm³/mol. The number of rotatable bonds is 7. The molecule has 2 aromatic rings. The average Bonchev–Trinajstić information content (AvgIpc) is 2.80. The molecule has 1 aliphatic heterocycles. The van der Waals surface area contributed by atoms with Crippen molar-refractivity contribution in [2.75, 3.05) is 39.9 Å². The SMILES string of the molecule is COC(=O)c1cccc2c1CCCN2C(=O)CCc1cc(OC)c(OC)c(OC)c1. The van der Waals surface area contributed by atoms with Gasteiger partial charge >= 0.3 is 5.97 Å². The summed E-state index contributed by atoms with van der Waals surface area (Å²) in [6.45, 7) is 0.631. The number of nitrogens with zero attached hydrogens (tertiary/aromatic N) is 1. The second-order valence-electron chi connectivity index (χ2n) is 6.98. The van der Waals surface area contributed by atoms with Crippen LogP contribution in [-0.4, -0.2) is 46.9 Å². The maximum Gasteiger partial charge on any atom is 0.338 e. The maximum absolute atomic E-state index is 13.0. The molecule has 30 heavy (non-hydrogen) atoms. The molecule has 0 saturated carbocycles. The van der Waals surface area contributed by atoms with Gasteiger partial charge in [0.1, 0.15) is 0 Å². The summed E-state index contributed by atoms with van der Waals surface area (Å²) in [6.07, 6.45) is 2.40. The molecule has 0 N–H and O–H groups in total. The molecule has 0 aliphatic carbocycles. The van der Waals surface area contributed by atoms with E-state index in [1.807, 2.05) is 18.2 Å². The third-order valence-electron chi connectivity index (χ3n) is 5.31. The van der Waals surface area contributed by atoms with E-state index in [9.17, 15) is 9.59 Å². The minimum Gasteiger partial charge on any atom is -0.493 e. The number of anilines is 1. The normalized spacial score (nSPS) is 12.7. The van der Waals surface area contributed by atoms with Gasteiger partial charge < -0.3 is 23.8 Å². The zero-order valence-electron chi connectivity index (χ0n) is 17.8. The van der Waals surface area contributed by atoms with E-state index in [-0.39, 0.29) is 11.9 Å². The number of hydrogen-bond donors (Lipinski definition) is 0. The second kappa shape index (κ2) is 9.52. The number of methoxy groups -OCH3 is 4. The first-order chi connectivity index (χ1) is 14.5. The van der Waals surface area contributed by atoms with Gasteiger partial charge in [0.15, 0.2) is 11.5 Å². The standard InChI is InChI=1S/C23H27NO6/c1-27-19-13-15(14-20(28-2)22(19)29-3)10-11-21(25)24-12-6-8-16-17(23(26)30-4)7-5-9-18(16)24/h5,7,9,13-14H,6,8,10-12H2,1-4H3. The number of benzene rings is 2. The first-order valence-corrected chi connectivity index (χ1v) is 9.83. The maximum atomic E-state index is 13.0. The van der Waals surface area contributed by atoms with Crippen molar-refractivity contribution in [3.8, 4) is 17.2 Å². The quantitative estimate of drug-likeness (QED) is 0.648. The number of hydrogen-bond acceptors (Lipinski definition) is 6. The number of esters is 1. The topological polar surface area (TPSA) is 74.3 Å². The fourth-order valence-corrected chi connectivity index (χ4v) is 3.85. The first kappa shape index (κ1) is 21.5. The molecular formula is C23H27NO6. The lowest BCUT2D eigenvalue weighted by atomic mass is 9.95. The van der Waals surface area contributed by atoms with Crippen molar-refractivity contribution < 1.29 is 28.5 Å². The van der Waals surface area contributed by atoms with Crippen LogP contribution in [0.15, 0.2) is 30.3 Å². The Kier molecular flexibility index (Phi) is 6.82. The van der Waals surface area contributed by atoms with Gasteiger partial charge in [-0.15, -0.1) is 0 Å². The smallest absolute Gasteiger partial charge is 0.338 e. The van der Waals surface area contributed by atoms with Gasteiger partial charge in [-0.2, -0.15) is 0 Å². The molecule has 0 unspecified atom stereocenters. The van der Waals surface area contributed by atoms with Crippen LogP contribution in [0, 0.1) is 0 Å². The molecule has 0 atom stereocenters. The van der Waals surface area contributed by atoms with E-state index < -0.39 is 0 Å². The Hall–Kier alpha value is -3.22. The van der Waals surface area contributed by atoms with Crippen molar-refractivity contribution in [3.63, 3.8) is 0 Å². The van der Waals surface area contributed by atoms with Crippen molar-refractivity contribution >= 4 is 17.6 Å². The molecule has 0 aromatic heterocycles. The lowest BCUT2D eigenvalue weighted by Gasteiger charge is -2.30. The van der Waals surface area contributed by atoms with Crippen LogP contribution < -0.4 is 19.1 Å². The van der Waals surface area contributed by atoms with Gasteiger partial charge in [0, 0.05) is 18.7 Å². The minimum atomic E-state index is -0.376. The molecule has 0 fully saturated rings. The molecule has 0 bridgehead atoms. The number of fused-ring (bicyclic) bond motifs is 1. The van der Waals surface area contributed by atoms with Crippen molar-refractivity contribution in [2.24, 2.45) is 0 Å². The summed E-state index contributed by atoms with van der Waals surface area (Å²) in [5.41, 5.74) is 3.10. The van der Waals surface area contributed by atoms with Crippen LogP contribution in [0.2, 0.25) is 0 Å². The Balaban J connectivity index is 1.80. The van der Waals surface area contributed by atoms with E-state index in [0.29, 0.717) is 42.2 Å². The third-order valence-corrected chi connectivity index (χ3v) is 5.31. The molecule has 7 nitrogen and oxygen atoms in total. The Labute approximate surface area is 176 Å². The average molecular weight is 413 g/mol. The van der Waals surface area contributed by atoms with Crippen LogP contribution in [0.25, 0.3) is 0 Å². The van der Waals surface area contributed by atoms with Crippen molar-refractivity contribution in [2.45, 2.75) is 25.7 Å². The monoisotopic (exact) mass is 413 g/mol. The number of ether oxygens (including phenoxy) is 4. The lowest BCUT2D eigenvalue weighted by Crippen LogP contribution is -2.36. The molecule has 0 saturated heterocycles. The van der Waals surface area contributed by atoms with Crippen molar-refractivity contribution in [3.05, 3.63) is 47.0 Å². The Bertz CT molecular complexity index is 914. The van der Waals surface area contributed by atoms with Crippen LogP contribution in [0.5, 0.6) is 17.2 Å². The summed E-state index contributed by atoms with van der Waals surface area (Å²) in [5, 5.41) is 0. The molecule has 1 heterocycles. The van der Waals surface area contributed by atoms with Crippen LogP contribution >= 0.6 is 0 Å². The van der Waals surface area contributed by atoms with Crippen molar-refractivity contribution in [1.29, 1.82) is 0 Å². The van der Waals surface area contributed by atoms with Gasteiger partial charge in [-0.1, -0.05) is 6.07 Å². The summed E-state index contributed by atoms with van der Waals surface area (Å²) in [5.74, 6) is 1.27. The minimum absolute atomic E-state index is 0.00622. The first-order valence-electron chi connectivity index (χ1n) is 9.83. The zero-order chi connectivity index (χ0) is 21.7. The molecule has 1 aliphatic rings. The van der Waals surface area contributed by atoms with Crippen molar-refractivity contribution in [1.82, 2.24) is 0 Å². The second-order valence-corrected chi connectivity index (χ2v) is 6.98. The van der Waals surface area contributed by atoms with Gasteiger partial charge in [-0.3, -0.25) is 4.79 Å². The van der Waals surface area contributed by atoms with E-state index >= 15 is 0 Å². The molecule has 1 amide bonds. The Morgan fingerprint density at radius 2 is 1.70 bits per heavy atom. The fourth-order valence-electron chi connectivity index (χ4n) is 3.85. The fraction of sp³-hybridized carbons (Fsp3) is 0.391. The van der Waals surface area contributed by atoms with Crippen LogP contribution in [-0.2, 0) is 22.4 Å². The molecule has 160 valence electrons. The summed E-state index contributed by atoms with van der Waals surface area (Å²) in [6, 6.07) is 9.13. The number of carbonyl (C=O) groups excluding carboxylic acids is 2. The Morgan fingerprint density at radius 1 is 1.00 bits per heavy atom. The van der Waals surface area contributed by atoms with Gasteiger partial charge in [0.2, 0.25) is 11.7 Å². The molecule has 7 heteroatoms. The highest BCUT2D eigenvalue weighted by molar-refractivity contribution is 5.98. The number of amides is 1. The molecule has 3 rings (SSSR count). The highest BCUT2D eigenvalue weighted by Gasteiger charge is 2.26. The Morgan fingerprint density at radius 3 is 2.30 bits per heavy atom. The number of aryl methyl sites for hydroxylation is 1. The lowest BCUT2D eigenvalue weighted by molar-refractivity contribution is -0.118. The third kappa shape index (κ3) is 4.20.